The predicted octanol–water partition coefficient (Wildman–Crippen LogP) is 4.00. The summed E-state index contributed by atoms with van der Waals surface area (Å²) in [6, 6.07) is 16.5. The van der Waals surface area contributed by atoms with Crippen molar-refractivity contribution in [3.63, 3.8) is 0 Å². The summed E-state index contributed by atoms with van der Waals surface area (Å²) < 4.78 is 5.92. The molecule has 0 radical (unpaired) electrons. The van der Waals surface area contributed by atoms with E-state index >= 15 is 0 Å². The number of aromatic amines is 1. The van der Waals surface area contributed by atoms with Gasteiger partial charge in [0.05, 0.1) is 0 Å². The van der Waals surface area contributed by atoms with Crippen LogP contribution in [0.5, 0.6) is 11.5 Å². The normalized spacial score (nSPS) is 11.0. The van der Waals surface area contributed by atoms with Gasteiger partial charge in [0.25, 0.3) is 5.56 Å². The lowest BCUT2D eigenvalue weighted by Crippen LogP contribution is -2.07. The molecule has 0 saturated heterocycles. The number of rotatable bonds is 4. The number of carbonyl (C=O) groups excluding carboxylic acids is 1. The molecule has 0 fully saturated rings. The van der Waals surface area contributed by atoms with Crippen molar-refractivity contribution < 1.29 is 9.53 Å². The molecule has 0 aliphatic heterocycles. The van der Waals surface area contributed by atoms with Crippen molar-refractivity contribution >= 4 is 27.6 Å². The van der Waals surface area contributed by atoms with Crippen LogP contribution in [0, 0.1) is 0 Å². The summed E-state index contributed by atoms with van der Waals surface area (Å²) >= 11 is 0. The molecule has 0 atom stereocenters. The predicted molar refractivity (Wildman–Crippen MR) is 101 cm³/mol. The minimum atomic E-state index is -0.175. The summed E-state index contributed by atoms with van der Waals surface area (Å²) in [5.41, 5.74) is 1.33. The lowest BCUT2D eigenvalue weighted by molar-refractivity contribution is -0.116. The number of benzene rings is 2. The molecular formula is C21H16N2O3. The highest BCUT2D eigenvalue weighted by atomic mass is 16.5. The molecule has 26 heavy (non-hydrogen) atoms. The fourth-order valence-corrected chi connectivity index (χ4v) is 3.00. The van der Waals surface area contributed by atoms with Crippen molar-refractivity contribution in [1.29, 1.82) is 0 Å². The summed E-state index contributed by atoms with van der Waals surface area (Å²) in [7, 11) is 0. The standard InChI is InChI=1S/C21H16N2O3/c1-13(24)11-14-4-6-15(7-5-14)26-16-8-9-18-19(12-16)17-3-2-10-22-20(17)23-21(18)25/h2-10,12H,11H2,1H3,(H,22,23,25). The van der Waals surface area contributed by atoms with Crippen LogP contribution in [0.2, 0.25) is 0 Å². The molecule has 4 aromatic rings. The van der Waals surface area contributed by atoms with Crippen molar-refractivity contribution in [3.05, 3.63) is 76.7 Å². The van der Waals surface area contributed by atoms with Gasteiger partial charge in [-0.15, -0.1) is 0 Å². The Labute approximate surface area is 149 Å². The molecule has 2 aromatic heterocycles. The number of pyridine rings is 2. The van der Waals surface area contributed by atoms with Crippen LogP contribution in [0.1, 0.15) is 12.5 Å². The highest BCUT2D eigenvalue weighted by Gasteiger charge is 2.08. The Kier molecular flexibility index (Phi) is 3.97. The second kappa shape index (κ2) is 6.44. The number of nitrogens with zero attached hydrogens (tertiary/aromatic N) is 1. The molecule has 5 heteroatoms. The van der Waals surface area contributed by atoms with Gasteiger partial charge in [0.2, 0.25) is 0 Å². The Balaban J connectivity index is 1.72. The third kappa shape index (κ3) is 3.07. The van der Waals surface area contributed by atoms with E-state index in [-0.39, 0.29) is 11.3 Å². The molecule has 0 saturated carbocycles. The van der Waals surface area contributed by atoms with E-state index in [1.807, 2.05) is 42.5 Å². The Morgan fingerprint density at radius 1 is 1.00 bits per heavy atom. The van der Waals surface area contributed by atoms with E-state index in [0.29, 0.717) is 29.0 Å². The van der Waals surface area contributed by atoms with Gasteiger partial charge in [-0.1, -0.05) is 12.1 Å². The lowest BCUT2D eigenvalue weighted by Gasteiger charge is -2.09. The Morgan fingerprint density at radius 2 is 1.77 bits per heavy atom. The highest BCUT2D eigenvalue weighted by molar-refractivity contribution is 6.04. The number of fused-ring (bicyclic) bond motifs is 3. The molecule has 2 aromatic carbocycles. The first-order chi connectivity index (χ1) is 12.6. The van der Waals surface area contributed by atoms with Gasteiger partial charge in [-0.05, 0) is 55.0 Å². The van der Waals surface area contributed by atoms with Gasteiger partial charge in [0, 0.05) is 28.8 Å². The van der Waals surface area contributed by atoms with Crippen LogP contribution in [0.3, 0.4) is 0 Å². The molecule has 0 aliphatic rings. The van der Waals surface area contributed by atoms with Crippen LogP contribution in [-0.2, 0) is 11.2 Å². The number of nitrogens with one attached hydrogen (secondary N) is 1. The topological polar surface area (TPSA) is 72.1 Å². The minimum absolute atomic E-state index is 0.124. The second-order valence-corrected chi connectivity index (χ2v) is 6.19. The zero-order valence-electron chi connectivity index (χ0n) is 14.2. The van der Waals surface area contributed by atoms with Crippen molar-refractivity contribution in [2.75, 3.05) is 0 Å². The molecule has 128 valence electrons. The fourth-order valence-electron chi connectivity index (χ4n) is 3.00. The molecule has 4 rings (SSSR count). The molecular weight excluding hydrogens is 328 g/mol. The smallest absolute Gasteiger partial charge is 0.257 e. The van der Waals surface area contributed by atoms with E-state index in [1.165, 1.54) is 0 Å². The summed E-state index contributed by atoms with van der Waals surface area (Å²) in [5, 5.41) is 2.25. The maximum absolute atomic E-state index is 12.2. The number of H-pyrrole nitrogens is 1. The Bertz CT molecular complexity index is 1180. The highest BCUT2D eigenvalue weighted by Crippen LogP contribution is 2.28. The number of ether oxygens (including phenoxy) is 1. The van der Waals surface area contributed by atoms with Gasteiger partial charge in [0.1, 0.15) is 22.9 Å². The molecule has 0 unspecified atom stereocenters. The van der Waals surface area contributed by atoms with E-state index in [0.717, 1.165) is 16.3 Å². The van der Waals surface area contributed by atoms with Crippen LogP contribution >= 0.6 is 0 Å². The first-order valence-electron chi connectivity index (χ1n) is 8.27. The largest absolute Gasteiger partial charge is 0.457 e. The van der Waals surface area contributed by atoms with Crippen LogP contribution in [-0.4, -0.2) is 15.8 Å². The quantitative estimate of drug-likeness (QED) is 0.568. The van der Waals surface area contributed by atoms with Gasteiger partial charge in [-0.3, -0.25) is 9.59 Å². The number of hydrogen-bond donors (Lipinski definition) is 1. The molecule has 5 nitrogen and oxygen atoms in total. The number of carbonyl (C=O) groups is 1. The third-order valence-corrected chi connectivity index (χ3v) is 4.18. The maximum Gasteiger partial charge on any atom is 0.257 e. The number of hydrogen-bond acceptors (Lipinski definition) is 4. The Hall–Kier alpha value is -3.47. The molecule has 0 amide bonds. The van der Waals surface area contributed by atoms with Crippen molar-refractivity contribution in [2.24, 2.45) is 0 Å². The van der Waals surface area contributed by atoms with E-state index in [2.05, 4.69) is 9.97 Å². The molecule has 2 heterocycles. The number of Topliss-reactive ketones (excluding diaryl/α,β-unsaturated/α-hetero) is 1. The van der Waals surface area contributed by atoms with Gasteiger partial charge in [-0.2, -0.15) is 0 Å². The monoisotopic (exact) mass is 344 g/mol. The fraction of sp³-hybridized carbons (Fsp3) is 0.0952. The molecule has 0 bridgehead atoms. The Morgan fingerprint density at radius 3 is 2.54 bits per heavy atom. The average Bonchev–Trinajstić information content (AvgIpc) is 2.63. The molecule has 1 N–H and O–H groups in total. The summed E-state index contributed by atoms with van der Waals surface area (Å²) in [5.74, 6) is 1.43. The summed E-state index contributed by atoms with van der Waals surface area (Å²) in [4.78, 5) is 30.4. The van der Waals surface area contributed by atoms with Crippen molar-refractivity contribution in [3.8, 4) is 11.5 Å². The minimum Gasteiger partial charge on any atom is -0.457 e. The van der Waals surface area contributed by atoms with E-state index in [4.69, 9.17) is 4.74 Å². The van der Waals surface area contributed by atoms with Crippen molar-refractivity contribution in [1.82, 2.24) is 9.97 Å². The van der Waals surface area contributed by atoms with Gasteiger partial charge in [0.15, 0.2) is 0 Å². The number of ketones is 1. The molecule has 0 aliphatic carbocycles. The molecule has 0 spiro atoms. The number of aromatic nitrogens is 2. The van der Waals surface area contributed by atoms with Gasteiger partial charge < -0.3 is 9.72 Å². The first-order valence-corrected chi connectivity index (χ1v) is 8.27. The summed E-state index contributed by atoms with van der Waals surface area (Å²) in [6.45, 7) is 1.57. The second-order valence-electron chi connectivity index (χ2n) is 6.19. The van der Waals surface area contributed by atoms with Crippen molar-refractivity contribution in [2.45, 2.75) is 13.3 Å². The lowest BCUT2D eigenvalue weighted by atomic mass is 10.1. The van der Waals surface area contributed by atoms with E-state index < -0.39 is 0 Å². The maximum atomic E-state index is 12.2. The third-order valence-electron chi connectivity index (χ3n) is 4.18. The zero-order chi connectivity index (χ0) is 18.1. The average molecular weight is 344 g/mol. The first kappa shape index (κ1) is 16.0. The zero-order valence-corrected chi connectivity index (χ0v) is 14.2. The SMILES string of the molecule is CC(=O)Cc1ccc(Oc2ccc3c(=O)[nH]c4ncccc4c3c2)cc1. The van der Waals surface area contributed by atoms with E-state index in [1.54, 1.807) is 25.3 Å². The van der Waals surface area contributed by atoms with Crippen LogP contribution in [0.25, 0.3) is 21.8 Å². The van der Waals surface area contributed by atoms with Crippen LogP contribution < -0.4 is 10.3 Å². The van der Waals surface area contributed by atoms with Gasteiger partial charge >= 0.3 is 0 Å². The van der Waals surface area contributed by atoms with Crippen LogP contribution in [0.15, 0.2) is 65.6 Å². The van der Waals surface area contributed by atoms with Gasteiger partial charge in [-0.25, -0.2) is 4.98 Å². The summed E-state index contributed by atoms with van der Waals surface area (Å²) in [6.07, 6.45) is 2.06. The van der Waals surface area contributed by atoms with E-state index in [9.17, 15) is 9.59 Å². The van der Waals surface area contributed by atoms with Crippen LogP contribution in [0.4, 0.5) is 0 Å².